The molecule has 0 saturated heterocycles. The Morgan fingerprint density at radius 3 is 2.57 bits per heavy atom. The summed E-state index contributed by atoms with van der Waals surface area (Å²) >= 11 is 0. The van der Waals surface area contributed by atoms with Crippen molar-refractivity contribution >= 4 is 6.21 Å². The van der Waals surface area contributed by atoms with Crippen LogP contribution < -0.4 is 0 Å². The second-order valence-corrected chi connectivity index (χ2v) is 0.660. The lowest BCUT2D eigenvalue weighted by Crippen LogP contribution is -1.65. The van der Waals surface area contributed by atoms with Gasteiger partial charge in [0.2, 0.25) is 0 Å². The Labute approximate surface area is 41.0 Å². The van der Waals surface area contributed by atoms with Gasteiger partial charge in [-0.3, -0.25) is 0 Å². The van der Waals surface area contributed by atoms with Crippen molar-refractivity contribution in [3.8, 4) is 6.07 Å². The van der Waals surface area contributed by atoms with E-state index < -0.39 is 0 Å². The van der Waals surface area contributed by atoms with Gasteiger partial charge in [0.15, 0.2) is 0 Å². The van der Waals surface area contributed by atoms with Gasteiger partial charge in [0.1, 0.15) is 0 Å². The Morgan fingerprint density at radius 1 is 1.86 bits per heavy atom. The molecule has 7 heavy (non-hydrogen) atoms. The lowest BCUT2D eigenvalue weighted by atomic mass is 10.5. The molecule has 40 valence electrons. The lowest BCUT2D eigenvalue weighted by molar-refractivity contribution is 0.321. The van der Waals surface area contributed by atoms with E-state index >= 15 is 0 Å². The van der Waals surface area contributed by atoms with Crippen LogP contribution in [-0.2, 0) is 0 Å². The maximum atomic E-state index is 7.74. The molecule has 0 rings (SSSR count). The molecule has 0 fully saturated rings. The van der Waals surface area contributed by atoms with Crippen molar-refractivity contribution in [3.05, 3.63) is 0 Å². The van der Waals surface area contributed by atoms with Crippen LogP contribution in [0.15, 0.2) is 5.16 Å². The second kappa shape index (κ2) is 8.87. The molecule has 3 N–H and O–H groups in total. The van der Waals surface area contributed by atoms with E-state index in [4.69, 9.17) is 10.5 Å². The summed E-state index contributed by atoms with van der Waals surface area (Å²) in [6, 6.07) is 1.76. The van der Waals surface area contributed by atoms with Crippen LogP contribution in [0, 0.1) is 11.3 Å². The minimum Gasteiger partial charge on any atom is -0.412 e. The van der Waals surface area contributed by atoms with Gasteiger partial charge < -0.3 is 10.7 Å². The highest BCUT2D eigenvalue weighted by atomic mass is 16.4. The van der Waals surface area contributed by atoms with Crippen molar-refractivity contribution in [1.82, 2.24) is 0 Å². The molecule has 0 atom stereocenters. The third kappa shape index (κ3) is 11.4. The average molecular weight is 102 g/mol. The zero-order valence-electron chi connectivity index (χ0n) is 3.63. The fourth-order valence-electron chi connectivity index (χ4n) is 0.0816. The number of rotatable bonds is 1. The third-order valence-electron chi connectivity index (χ3n) is 0.264. The molecule has 0 spiro atoms. The van der Waals surface area contributed by atoms with Crippen LogP contribution in [0.2, 0.25) is 0 Å². The number of oxime groups is 1. The fraction of sp³-hybridized carbons (Fsp3) is 0.333. The molecular formula is C3H6N2O2. The highest BCUT2D eigenvalue weighted by Gasteiger charge is 1.64. The van der Waals surface area contributed by atoms with Gasteiger partial charge in [-0.05, 0) is 0 Å². The van der Waals surface area contributed by atoms with Gasteiger partial charge in [0.05, 0.1) is 18.7 Å². The van der Waals surface area contributed by atoms with Gasteiger partial charge in [-0.15, -0.1) is 5.16 Å². The van der Waals surface area contributed by atoms with E-state index in [1.807, 2.05) is 0 Å². The quantitative estimate of drug-likeness (QED) is 0.275. The summed E-state index contributed by atoms with van der Waals surface area (Å²) in [5, 5.41) is 17.9. The van der Waals surface area contributed by atoms with Crippen molar-refractivity contribution in [2.45, 2.75) is 6.42 Å². The molecule has 0 unspecified atom stereocenters. The molecule has 0 bridgehead atoms. The number of hydrogen-bond acceptors (Lipinski definition) is 3. The van der Waals surface area contributed by atoms with E-state index in [0.717, 1.165) is 6.21 Å². The Balaban J connectivity index is 0. The normalized spacial score (nSPS) is 7.29. The van der Waals surface area contributed by atoms with Gasteiger partial charge in [-0.2, -0.15) is 5.26 Å². The zero-order chi connectivity index (χ0) is 4.83. The fourth-order valence-corrected chi connectivity index (χ4v) is 0.0816. The first-order valence-corrected chi connectivity index (χ1v) is 1.44. The molecule has 0 aromatic rings. The zero-order valence-corrected chi connectivity index (χ0v) is 3.63. The maximum Gasteiger partial charge on any atom is 0.0738 e. The molecule has 0 saturated carbocycles. The standard InChI is InChI=1S/C3H4N2O.H2O/c4-2-1-3-5-6;/h3,6H,1H2;1H2. The van der Waals surface area contributed by atoms with Gasteiger partial charge in [-0.25, -0.2) is 0 Å². The van der Waals surface area contributed by atoms with Gasteiger partial charge >= 0.3 is 0 Å². The van der Waals surface area contributed by atoms with Gasteiger partial charge in [0, 0.05) is 0 Å². The summed E-state index contributed by atoms with van der Waals surface area (Å²) in [6.45, 7) is 0. The Morgan fingerprint density at radius 2 is 2.43 bits per heavy atom. The van der Waals surface area contributed by atoms with Crippen molar-refractivity contribution in [3.63, 3.8) is 0 Å². The predicted octanol–water partition coefficient (Wildman–Crippen LogP) is -0.465. The SMILES string of the molecule is N#CCC=NO.O. The highest BCUT2D eigenvalue weighted by molar-refractivity contribution is 5.58. The number of nitriles is 1. The molecule has 4 nitrogen and oxygen atoms in total. The van der Waals surface area contributed by atoms with E-state index in [-0.39, 0.29) is 11.9 Å². The van der Waals surface area contributed by atoms with Gasteiger partial charge in [-0.1, -0.05) is 0 Å². The summed E-state index contributed by atoms with van der Waals surface area (Å²) in [5.41, 5.74) is 0. The Hall–Kier alpha value is -1.08. The van der Waals surface area contributed by atoms with Crippen LogP contribution in [0.25, 0.3) is 0 Å². The van der Waals surface area contributed by atoms with Crippen LogP contribution >= 0.6 is 0 Å². The number of hydrogen-bond donors (Lipinski definition) is 1. The van der Waals surface area contributed by atoms with Crippen LogP contribution in [-0.4, -0.2) is 16.9 Å². The topological polar surface area (TPSA) is 87.9 Å². The van der Waals surface area contributed by atoms with Crippen molar-refractivity contribution < 1.29 is 10.7 Å². The summed E-state index contributed by atoms with van der Waals surface area (Å²) in [4.78, 5) is 0. The first-order valence-electron chi connectivity index (χ1n) is 1.44. The van der Waals surface area contributed by atoms with E-state index in [0.29, 0.717) is 0 Å². The summed E-state index contributed by atoms with van der Waals surface area (Å²) < 4.78 is 0. The molecule has 0 aliphatic rings. The Kier molecular flexibility index (Phi) is 11.8. The average Bonchev–Trinajstić information content (AvgIpc) is 1.61. The first-order chi connectivity index (χ1) is 2.91. The smallest absolute Gasteiger partial charge is 0.0738 e. The Bertz CT molecular complexity index is 83.4. The van der Waals surface area contributed by atoms with Crippen molar-refractivity contribution in [2.75, 3.05) is 0 Å². The van der Waals surface area contributed by atoms with Crippen LogP contribution in [0.4, 0.5) is 0 Å². The minimum absolute atomic E-state index is 0. The van der Waals surface area contributed by atoms with E-state index in [1.165, 1.54) is 0 Å². The summed E-state index contributed by atoms with van der Waals surface area (Å²) in [5.74, 6) is 0. The van der Waals surface area contributed by atoms with E-state index in [2.05, 4.69) is 5.16 Å². The number of nitrogens with zero attached hydrogens (tertiary/aromatic N) is 2. The second-order valence-electron chi connectivity index (χ2n) is 0.660. The minimum atomic E-state index is 0. The van der Waals surface area contributed by atoms with Crippen LogP contribution in [0.3, 0.4) is 0 Å². The third-order valence-corrected chi connectivity index (χ3v) is 0.264. The summed E-state index contributed by atoms with van der Waals surface area (Å²) in [6.07, 6.45) is 1.30. The van der Waals surface area contributed by atoms with E-state index in [9.17, 15) is 0 Å². The van der Waals surface area contributed by atoms with Gasteiger partial charge in [0.25, 0.3) is 0 Å². The maximum absolute atomic E-state index is 7.74. The molecule has 0 heterocycles. The first kappa shape index (κ1) is 9.33. The summed E-state index contributed by atoms with van der Waals surface area (Å²) in [7, 11) is 0. The predicted molar refractivity (Wildman–Crippen MR) is 24.1 cm³/mol. The molecular weight excluding hydrogens is 96.0 g/mol. The molecule has 4 heteroatoms. The highest BCUT2D eigenvalue weighted by Crippen LogP contribution is 1.61. The van der Waals surface area contributed by atoms with Crippen molar-refractivity contribution in [1.29, 1.82) is 5.26 Å². The van der Waals surface area contributed by atoms with Crippen LogP contribution in [0.1, 0.15) is 6.42 Å². The monoisotopic (exact) mass is 102 g/mol. The van der Waals surface area contributed by atoms with Crippen molar-refractivity contribution in [2.24, 2.45) is 5.16 Å². The molecule has 0 amide bonds. The molecule has 0 aromatic heterocycles. The molecule has 0 aliphatic heterocycles. The molecule has 0 aliphatic carbocycles. The molecule has 0 aromatic carbocycles. The lowest BCUT2D eigenvalue weighted by Gasteiger charge is -1.63. The molecule has 0 radical (unpaired) electrons. The largest absolute Gasteiger partial charge is 0.412 e. The van der Waals surface area contributed by atoms with E-state index in [1.54, 1.807) is 6.07 Å². The van der Waals surface area contributed by atoms with Crippen LogP contribution in [0.5, 0.6) is 0 Å².